The number of hydrogen-bond acceptors (Lipinski definition) is 2. The van der Waals surface area contributed by atoms with Gasteiger partial charge in [0.2, 0.25) is 0 Å². The molecule has 0 spiro atoms. The number of amidine groups is 1. The predicted molar refractivity (Wildman–Crippen MR) is 59.8 cm³/mol. The van der Waals surface area contributed by atoms with Crippen LogP contribution in [0.15, 0.2) is 18.2 Å². The lowest BCUT2D eigenvalue weighted by molar-refractivity contribution is -0.00875. The normalized spacial score (nSPS) is 15.8. The van der Waals surface area contributed by atoms with Crippen molar-refractivity contribution in [3.05, 3.63) is 35.1 Å². The Morgan fingerprint density at radius 2 is 2.19 bits per heavy atom. The summed E-state index contributed by atoms with van der Waals surface area (Å²) >= 11 is 0. The number of hydrogen-bond donors (Lipinski definition) is 2. The summed E-state index contributed by atoms with van der Waals surface area (Å²) in [5, 5.41) is 7.26. The van der Waals surface area contributed by atoms with Gasteiger partial charge >= 0.3 is 0 Å². The number of nitrogens with two attached hydrogens (primary N) is 1. The van der Waals surface area contributed by atoms with Crippen LogP contribution in [0, 0.1) is 11.2 Å². The van der Waals surface area contributed by atoms with Crippen LogP contribution in [-0.4, -0.2) is 11.9 Å². The van der Waals surface area contributed by atoms with Gasteiger partial charge in [-0.15, -0.1) is 0 Å². The largest absolute Gasteiger partial charge is 0.384 e. The van der Waals surface area contributed by atoms with Crippen LogP contribution in [0.25, 0.3) is 0 Å². The second-order valence-electron chi connectivity index (χ2n) is 4.13. The molecule has 2 rings (SSSR count). The van der Waals surface area contributed by atoms with Crippen molar-refractivity contribution in [2.24, 2.45) is 5.73 Å². The quantitative estimate of drug-likeness (QED) is 0.606. The van der Waals surface area contributed by atoms with Crippen molar-refractivity contribution >= 4 is 5.84 Å². The summed E-state index contributed by atoms with van der Waals surface area (Å²) in [7, 11) is 0. The SMILES string of the molecule is N=C(N)c1cc(F)cc(COC2CCC2)c1. The Hall–Kier alpha value is -1.42. The van der Waals surface area contributed by atoms with E-state index >= 15 is 0 Å². The molecule has 86 valence electrons. The molecule has 1 fully saturated rings. The lowest BCUT2D eigenvalue weighted by Gasteiger charge is -2.25. The molecule has 0 aromatic heterocycles. The Bertz CT molecular complexity index is 402. The Balaban J connectivity index is 2.04. The second kappa shape index (κ2) is 4.61. The lowest BCUT2D eigenvalue weighted by atomic mass is 9.96. The molecule has 1 aromatic carbocycles. The first-order valence-electron chi connectivity index (χ1n) is 5.40. The number of nitrogens with one attached hydrogen (secondary N) is 1. The second-order valence-corrected chi connectivity index (χ2v) is 4.13. The molecule has 4 heteroatoms. The first-order chi connectivity index (χ1) is 7.65. The van der Waals surface area contributed by atoms with E-state index in [-0.39, 0.29) is 11.7 Å². The molecule has 0 heterocycles. The van der Waals surface area contributed by atoms with Gasteiger partial charge in [-0.1, -0.05) is 0 Å². The Morgan fingerprint density at radius 3 is 2.75 bits per heavy atom. The van der Waals surface area contributed by atoms with Crippen LogP contribution >= 0.6 is 0 Å². The summed E-state index contributed by atoms with van der Waals surface area (Å²) < 4.78 is 18.8. The maximum atomic E-state index is 13.2. The van der Waals surface area contributed by atoms with Crippen LogP contribution in [0.3, 0.4) is 0 Å². The highest BCUT2D eigenvalue weighted by Gasteiger charge is 2.17. The van der Waals surface area contributed by atoms with Crippen LogP contribution in [0.5, 0.6) is 0 Å². The summed E-state index contributed by atoms with van der Waals surface area (Å²) in [5.41, 5.74) is 6.46. The average Bonchev–Trinajstić information content (AvgIpc) is 2.14. The fourth-order valence-electron chi connectivity index (χ4n) is 1.64. The highest BCUT2D eigenvalue weighted by Crippen LogP contribution is 2.23. The van der Waals surface area contributed by atoms with Gasteiger partial charge in [0.15, 0.2) is 0 Å². The van der Waals surface area contributed by atoms with Gasteiger partial charge in [-0.25, -0.2) is 4.39 Å². The number of rotatable bonds is 4. The maximum Gasteiger partial charge on any atom is 0.124 e. The third-order valence-corrected chi connectivity index (χ3v) is 2.81. The molecule has 0 aliphatic heterocycles. The predicted octanol–water partition coefficient (Wildman–Crippen LogP) is 2.18. The first-order valence-corrected chi connectivity index (χ1v) is 5.40. The smallest absolute Gasteiger partial charge is 0.124 e. The van der Waals surface area contributed by atoms with Gasteiger partial charge in [0.1, 0.15) is 11.7 Å². The van der Waals surface area contributed by atoms with Gasteiger partial charge < -0.3 is 10.5 Å². The molecule has 16 heavy (non-hydrogen) atoms. The molecule has 0 atom stereocenters. The zero-order valence-corrected chi connectivity index (χ0v) is 9.00. The van der Waals surface area contributed by atoms with Gasteiger partial charge in [-0.2, -0.15) is 0 Å². The fraction of sp³-hybridized carbons (Fsp3) is 0.417. The minimum atomic E-state index is -0.375. The number of halogens is 1. The van der Waals surface area contributed by atoms with Crippen molar-refractivity contribution < 1.29 is 9.13 Å². The van der Waals surface area contributed by atoms with Crippen LogP contribution in [0.2, 0.25) is 0 Å². The van der Waals surface area contributed by atoms with Crippen molar-refractivity contribution in [3.8, 4) is 0 Å². The van der Waals surface area contributed by atoms with E-state index in [1.807, 2.05) is 0 Å². The van der Waals surface area contributed by atoms with Crippen LogP contribution in [0.1, 0.15) is 30.4 Å². The highest BCUT2D eigenvalue weighted by atomic mass is 19.1. The van der Waals surface area contributed by atoms with Gasteiger partial charge in [0, 0.05) is 5.56 Å². The summed E-state index contributed by atoms with van der Waals surface area (Å²) in [6, 6.07) is 4.38. The van der Waals surface area contributed by atoms with Crippen molar-refractivity contribution in [2.75, 3.05) is 0 Å². The number of nitrogen functional groups attached to an aromatic ring is 1. The van der Waals surface area contributed by atoms with Gasteiger partial charge in [-0.3, -0.25) is 5.41 Å². The summed E-state index contributed by atoms with van der Waals surface area (Å²) in [5.74, 6) is -0.496. The van der Waals surface area contributed by atoms with E-state index in [9.17, 15) is 4.39 Å². The Morgan fingerprint density at radius 1 is 1.44 bits per heavy atom. The van der Waals surface area contributed by atoms with Gasteiger partial charge in [0.25, 0.3) is 0 Å². The van der Waals surface area contributed by atoms with E-state index in [0.717, 1.165) is 18.4 Å². The van der Waals surface area contributed by atoms with E-state index in [1.54, 1.807) is 6.07 Å². The lowest BCUT2D eigenvalue weighted by Crippen LogP contribution is -2.21. The molecule has 3 N–H and O–H groups in total. The summed E-state index contributed by atoms with van der Waals surface area (Å²) in [4.78, 5) is 0. The van der Waals surface area contributed by atoms with E-state index < -0.39 is 0 Å². The Labute approximate surface area is 93.9 Å². The Kier molecular flexibility index (Phi) is 3.19. The molecular formula is C12H15FN2O. The topological polar surface area (TPSA) is 59.1 Å². The van der Waals surface area contributed by atoms with Crippen LogP contribution in [-0.2, 0) is 11.3 Å². The number of ether oxygens (including phenoxy) is 1. The van der Waals surface area contributed by atoms with Gasteiger partial charge in [-0.05, 0) is 43.0 Å². The van der Waals surface area contributed by atoms with E-state index in [4.69, 9.17) is 15.9 Å². The third-order valence-electron chi connectivity index (χ3n) is 2.81. The monoisotopic (exact) mass is 222 g/mol. The molecule has 1 aliphatic carbocycles. The molecule has 1 aliphatic rings. The van der Waals surface area contributed by atoms with E-state index in [0.29, 0.717) is 18.3 Å². The van der Waals surface area contributed by atoms with E-state index in [1.165, 1.54) is 18.6 Å². The van der Waals surface area contributed by atoms with Gasteiger partial charge in [0.05, 0.1) is 12.7 Å². The summed E-state index contributed by atoms with van der Waals surface area (Å²) in [6.07, 6.45) is 3.72. The molecule has 1 aromatic rings. The van der Waals surface area contributed by atoms with Crippen LogP contribution in [0.4, 0.5) is 4.39 Å². The highest BCUT2D eigenvalue weighted by molar-refractivity contribution is 5.95. The third kappa shape index (κ3) is 2.58. The van der Waals surface area contributed by atoms with E-state index in [2.05, 4.69) is 0 Å². The molecule has 3 nitrogen and oxygen atoms in total. The summed E-state index contributed by atoms with van der Waals surface area (Å²) in [6.45, 7) is 0.392. The zero-order valence-electron chi connectivity index (χ0n) is 9.00. The first kappa shape index (κ1) is 11.1. The molecule has 0 amide bonds. The number of benzene rings is 1. The minimum Gasteiger partial charge on any atom is -0.384 e. The minimum absolute atomic E-state index is 0.121. The molecule has 0 unspecified atom stereocenters. The van der Waals surface area contributed by atoms with Crippen molar-refractivity contribution in [1.82, 2.24) is 0 Å². The van der Waals surface area contributed by atoms with Crippen molar-refractivity contribution in [2.45, 2.75) is 32.0 Å². The molecule has 0 radical (unpaired) electrons. The molecule has 0 bridgehead atoms. The van der Waals surface area contributed by atoms with Crippen LogP contribution < -0.4 is 5.73 Å². The maximum absolute atomic E-state index is 13.2. The molecule has 1 saturated carbocycles. The van der Waals surface area contributed by atoms with Crippen molar-refractivity contribution in [1.29, 1.82) is 5.41 Å². The standard InChI is InChI=1S/C12H15FN2O/c13-10-5-8(4-9(6-10)12(14)15)7-16-11-2-1-3-11/h4-6,11H,1-3,7H2,(H3,14,15). The fourth-order valence-corrected chi connectivity index (χ4v) is 1.64. The zero-order chi connectivity index (χ0) is 11.5. The molecular weight excluding hydrogens is 207 g/mol. The molecule has 0 saturated heterocycles. The average molecular weight is 222 g/mol. The van der Waals surface area contributed by atoms with Crippen molar-refractivity contribution in [3.63, 3.8) is 0 Å².